The molecule has 0 radical (unpaired) electrons. The van der Waals surface area contributed by atoms with Gasteiger partial charge in [0.15, 0.2) is 9.84 Å². The van der Waals surface area contributed by atoms with Gasteiger partial charge in [-0.25, -0.2) is 13.2 Å². The van der Waals surface area contributed by atoms with Crippen LogP contribution in [0.4, 0.5) is 4.79 Å². The van der Waals surface area contributed by atoms with Crippen molar-refractivity contribution < 1.29 is 23.1 Å². The van der Waals surface area contributed by atoms with Crippen LogP contribution in [-0.2, 0) is 20.2 Å². The molecule has 2 aliphatic carbocycles. The van der Waals surface area contributed by atoms with E-state index in [1.807, 2.05) is 29.7 Å². The molecule has 2 heterocycles. The number of urea groups is 1. The van der Waals surface area contributed by atoms with Crippen LogP contribution in [0.5, 0.6) is 0 Å². The van der Waals surface area contributed by atoms with Gasteiger partial charge in [0, 0.05) is 31.7 Å². The quantitative estimate of drug-likeness (QED) is 0.538. The van der Waals surface area contributed by atoms with E-state index in [4.69, 9.17) is 0 Å². The maximum Gasteiger partial charge on any atom is 0.320 e. The van der Waals surface area contributed by atoms with Gasteiger partial charge >= 0.3 is 6.03 Å². The molecule has 40 heavy (non-hydrogen) atoms. The van der Waals surface area contributed by atoms with E-state index in [2.05, 4.69) is 43.3 Å². The van der Waals surface area contributed by atoms with Gasteiger partial charge in [-0.2, -0.15) is 0 Å². The molecule has 9 nitrogen and oxygen atoms in total. The number of carbonyl (C=O) groups excluding carboxylic acids is 2. The second kappa shape index (κ2) is 10.3. The molecule has 0 unspecified atom stereocenters. The lowest BCUT2D eigenvalue weighted by Gasteiger charge is -2.52. The van der Waals surface area contributed by atoms with E-state index in [-0.39, 0.29) is 48.6 Å². The molecule has 4 fully saturated rings. The fourth-order valence-corrected chi connectivity index (χ4v) is 8.67. The molecular weight excluding hydrogens is 528 g/mol. The van der Waals surface area contributed by atoms with Crippen LogP contribution in [0, 0.1) is 5.41 Å². The molecule has 2 saturated heterocycles. The molecule has 0 aromatic heterocycles. The van der Waals surface area contributed by atoms with Crippen LogP contribution in [0.3, 0.4) is 0 Å². The standard InChI is InChI=1S/C30H46N4O5S/c1-27(2,25(35)32-17-19-40(38,39)20-18-32)21-33-22-28(34(26(33)36)23-29(37)11-8-12-29)13-15-30(16-14-28,31(3)4)24-9-6-5-7-10-24/h5-7,9-10,37H,8,11-23H2,1-4H3/t28-,30-. The Bertz CT molecular complexity index is 1210. The van der Waals surface area contributed by atoms with E-state index in [0.29, 0.717) is 25.9 Å². The third kappa shape index (κ3) is 5.27. The number of rotatable bonds is 7. The first-order chi connectivity index (χ1) is 18.7. The molecule has 1 N–H and O–H groups in total. The van der Waals surface area contributed by atoms with Crippen molar-refractivity contribution >= 4 is 21.8 Å². The third-order valence-corrected chi connectivity index (χ3v) is 11.9. The van der Waals surface area contributed by atoms with Gasteiger partial charge < -0.3 is 19.8 Å². The summed E-state index contributed by atoms with van der Waals surface area (Å²) >= 11 is 0. The van der Waals surface area contributed by atoms with Crippen molar-refractivity contribution in [3.05, 3.63) is 35.9 Å². The number of β-amino-alcohol motifs (C(OH)–C–C–N with tert-alkyl or cyclic N) is 1. The van der Waals surface area contributed by atoms with Crippen LogP contribution in [0.15, 0.2) is 30.3 Å². The number of nitrogens with zero attached hydrogens (tertiary/aromatic N) is 4. The van der Waals surface area contributed by atoms with Crippen LogP contribution in [0.2, 0.25) is 0 Å². The predicted octanol–water partition coefficient (Wildman–Crippen LogP) is 2.69. The van der Waals surface area contributed by atoms with E-state index < -0.39 is 26.4 Å². The van der Waals surface area contributed by atoms with Crippen molar-refractivity contribution in [2.75, 3.05) is 58.3 Å². The molecule has 1 spiro atoms. The summed E-state index contributed by atoms with van der Waals surface area (Å²) in [6, 6.07) is 10.5. The van der Waals surface area contributed by atoms with Crippen molar-refractivity contribution in [2.45, 2.75) is 75.5 Å². The Kier molecular flexibility index (Phi) is 7.53. The first kappa shape index (κ1) is 29.3. The van der Waals surface area contributed by atoms with Crippen molar-refractivity contribution in [3.8, 4) is 0 Å². The van der Waals surface area contributed by atoms with Crippen molar-refractivity contribution in [3.63, 3.8) is 0 Å². The van der Waals surface area contributed by atoms with Gasteiger partial charge in [-0.1, -0.05) is 30.3 Å². The SMILES string of the molecule is CN(C)[C@]1(c2ccccc2)CC[C@@]2(CC1)CN(CC(C)(C)C(=O)N1CCS(=O)(=O)CC1)C(=O)N2CC1(O)CCC1. The highest BCUT2D eigenvalue weighted by molar-refractivity contribution is 7.91. The molecule has 222 valence electrons. The Morgan fingerprint density at radius 2 is 1.60 bits per heavy atom. The summed E-state index contributed by atoms with van der Waals surface area (Å²) in [6.45, 7) is 5.25. The minimum atomic E-state index is -3.09. The maximum atomic E-state index is 14.0. The highest BCUT2D eigenvalue weighted by Gasteiger charge is 2.57. The van der Waals surface area contributed by atoms with Gasteiger partial charge in [0.1, 0.15) is 0 Å². The molecule has 0 bridgehead atoms. The van der Waals surface area contributed by atoms with Gasteiger partial charge in [0.05, 0.1) is 34.6 Å². The zero-order chi connectivity index (χ0) is 29.0. The first-order valence-corrected chi connectivity index (χ1v) is 16.6. The average Bonchev–Trinajstić information content (AvgIpc) is 3.13. The number of benzene rings is 1. The fraction of sp³-hybridized carbons (Fsp3) is 0.733. The van der Waals surface area contributed by atoms with E-state index in [0.717, 1.165) is 32.1 Å². The largest absolute Gasteiger partial charge is 0.388 e. The van der Waals surface area contributed by atoms with Crippen molar-refractivity contribution in [1.82, 2.24) is 19.6 Å². The zero-order valence-corrected chi connectivity index (χ0v) is 25.4. The highest BCUT2D eigenvalue weighted by Crippen LogP contribution is 2.50. The molecule has 3 amide bonds. The monoisotopic (exact) mass is 574 g/mol. The molecule has 2 aliphatic heterocycles. The molecular formula is C30H46N4O5S. The third-order valence-electron chi connectivity index (χ3n) is 10.3. The maximum absolute atomic E-state index is 14.0. The molecule has 1 aromatic rings. The Labute approximate surface area is 239 Å². The summed E-state index contributed by atoms with van der Waals surface area (Å²) in [4.78, 5) is 35.3. The molecule has 2 saturated carbocycles. The lowest BCUT2D eigenvalue weighted by Crippen LogP contribution is -2.59. The van der Waals surface area contributed by atoms with Crippen LogP contribution in [0.1, 0.15) is 64.4 Å². The van der Waals surface area contributed by atoms with E-state index in [9.17, 15) is 23.1 Å². The molecule has 0 atom stereocenters. The Morgan fingerprint density at radius 3 is 2.12 bits per heavy atom. The van der Waals surface area contributed by atoms with Crippen molar-refractivity contribution in [1.29, 1.82) is 0 Å². The Hall–Kier alpha value is -2.17. The van der Waals surface area contributed by atoms with Crippen LogP contribution in [-0.4, -0.2) is 115 Å². The summed E-state index contributed by atoms with van der Waals surface area (Å²) < 4.78 is 23.8. The molecule has 10 heteroatoms. The van der Waals surface area contributed by atoms with Gasteiger partial charge in [0.25, 0.3) is 0 Å². The lowest BCUT2D eigenvalue weighted by atomic mass is 9.67. The van der Waals surface area contributed by atoms with Crippen LogP contribution < -0.4 is 0 Å². The van der Waals surface area contributed by atoms with Gasteiger partial charge in [-0.05, 0) is 78.5 Å². The predicted molar refractivity (Wildman–Crippen MR) is 154 cm³/mol. The smallest absolute Gasteiger partial charge is 0.320 e. The van der Waals surface area contributed by atoms with Gasteiger partial charge in [0.2, 0.25) is 5.91 Å². The van der Waals surface area contributed by atoms with Crippen LogP contribution >= 0.6 is 0 Å². The fourth-order valence-electron chi connectivity index (χ4n) is 7.47. The number of carbonyl (C=O) groups is 2. The molecule has 4 aliphatic rings. The summed E-state index contributed by atoms with van der Waals surface area (Å²) in [6.07, 6.45) is 5.81. The van der Waals surface area contributed by atoms with E-state index in [1.165, 1.54) is 5.56 Å². The number of hydrogen-bond donors (Lipinski definition) is 1. The van der Waals surface area contributed by atoms with Crippen LogP contribution in [0.25, 0.3) is 0 Å². The second-order valence-electron chi connectivity index (χ2n) is 13.6. The Balaban J connectivity index is 1.37. The van der Waals surface area contributed by atoms with E-state index in [1.54, 1.807) is 4.90 Å². The normalized spacial score (nSPS) is 30.1. The zero-order valence-electron chi connectivity index (χ0n) is 24.6. The summed E-state index contributed by atoms with van der Waals surface area (Å²) in [5.41, 5.74) is -0.914. The molecule has 5 rings (SSSR count). The summed E-state index contributed by atoms with van der Waals surface area (Å²) in [7, 11) is 1.17. The summed E-state index contributed by atoms with van der Waals surface area (Å²) in [5.74, 6) is -0.135. The van der Waals surface area contributed by atoms with E-state index >= 15 is 0 Å². The number of sulfone groups is 1. The van der Waals surface area contributed by atoms with Gasteiger partial charge in [-0.15, -0.1) is 0 Å². The number of aliphatic hydroxyl groups is 1. The first-order valence-electron chi connectivity index (χ1n) is 14.7. The second-order valence-corrected chi connectivity index (χ2v) is 16.0. The number of hydrogen-bond acceptors (Lipinski definition) is 6. The average molecular weight is 575 g/mol. The highest BCUT2D eigenvalue weighted by atomic mass is 32.2. The van der Waals surface area contributed by atoms with Crippen molar-refractivity contribution in [2.24, 2.45) is 5.41 Å². The summed E-state index contributed by atoms with van der Waals surface area (Å²) in [5, 5.41) is 11.2. The lowest BCUT2D eigenvalue weighted by molar-refractivity contribution is -0.140. The minimum absolute atomic E-state index is 0.0119. The minimum Gasteiger partial charge on any atom is -0.388 e. The Morgan fingerprint density at radius 1 is 1.00 bits per heavy atom. The topological polar surface area (TPSA) is 101 Å². The number of amides is 3. The van der Waals surface area contributed by atoms with Gasteiger partial charge in [-0.3, -0.25) is 9.69 Å². The molecule has 1 aromatic carbocycles.